The van der Waals surface area contributed by atoms with E-state index in [1.54, 1.807) is 0 Å². The molecular weight excluding hydrogens is 240 g/mol. The Morgan fingerprint density at radius 2 is 2.45 bits per heavy atom. The number of thiophene rings is 1. The lowest BCUT2D eigenvalue weighted by Crippen LogP contribution is -1.75. The van der Waals surface area contributed by atoms with Gasteiger partial charge >= 0.3 is 0 Å². The predicted molar refractivity (Wildman–Crippen MR) is 58.5 cm³/mol. The third-order valence-electron chi connectivity index (χ3n) is 1.21. The summed E-state index contributed by atoms with van der Waals surface area (Å²) in [6, 6.07) is 2.20. The highest BCUT2D eigenvalue weighted by Crippen LogP contribution is 2.23. The van der Waals surface area contributed by atoms with Crippen LogP contribution in [0.2, 0.25) is 0 Å². The summed E-state index contributed by atoms with van der Waals surface area (Å²) < 4.78 is 1.22. The van der Waals surface area contributed by atoms with Crippen LogP contribution in [0.4, 0.5) is 0 Å². The zero-order valence-corrected chi connectivity index (χ0v) is 9.69. The van der Waals surface area contributed by atoms with E-state index in [9.17, 15) is 0 Å². The van der Waals surface area contributed by atoms with Gasteiger partial charge in [0.05, 0.1) is 0 Å². The molecular formula is C8H11BrS2. The third kappa shape index (κ3) is 3.63. The van der Waals surface area contributed by atoms with Gasteiger partial charge in [-0.3, -0.25) is 0 Å². The van der Waals surface area contributed by atoms with E-state index in [4.69, 9.17) is 0 Å². The molecule has 0 atom stereocenters. The molecule has 1 heterocycles. The monoisotopic (exact) mass is 250 g/mol. The van der Waals surface area contributed by atoms with Gasteiger partial charge in [-0.25, -0.2) is 0 Å². The van der Waals surface area contributed by atoms with Crippen LogP contribution in [0.25, 0.3) is 0 Å². The topological polar surface area (TPSA) is 0 Å². The molecule has 0 aliphatic heterocycles. The number of halogens is 1. The molecule has 0 spiro atoms. The molecule has 0 aromatic carbocycles. The summed E-state index contributed by atoms with van der Waals surface area (Å²) in [7, 11) is 0. The van der Waals surface area contributed by atoms with E-state index in [0.717, 1.165) is 0 Å². The van der Waals surface area contributed by atoms with Gasteiger partial charge in [-0.15, -0.1) is 11.3 Å². The number of thioether (sulfide) groups is 1. The predicted octanol–water partition coefficient (Wildman–Crippen LogP) is 4.15. The van der Waals surface area contributed by atoms with Crippen LogP contribution >= 0.6 is 39.0 Å². The molecule has 1 rings (SSSR count). The Labute approximate surface area is 84.5 Å². The van der Waals surface area contributed by atoms with Crippen molar-refractivity contribution in [2.75, 3.05) is 5.75 Å². The van der Waals surface area contributed by atoms with Crippen LogP contribution in [0.5, 0.6) is 0 Å². The lowest BCUT2D eigenvalue weighted by Gasteiger charge is -1.94. The minimum Gasteiger partial charge on any atom is -0.156 e. The van der Waals surface area contributed by atoms with Gasteiger partial charge in [-0.2, -0.15) is 11.8 Å². The molecule has 0 aliphatic carbocycles. The van der Waals surface area contributed by atoms with Crippen molar-refractivity contribution in [2.45, 2.75) is 19.1 Å². The molecule has 0 amide bonds. The molecule has 0 radical (unpaired) electrons. The molecule has 0 unspecified atom stereocenters. The van der Waals surface area contributed by atoms with Crippen molar-refractivity contribution in [1.29, 1.82) is 0 Å². The van der Waals surface area contributed by atoms with Gasteiger partial charge in [0.1, 0.15) is 0 Å². The van der Waals surface area contributed by atoms with E-state index in [1.807, 2.05) is 23.1 Å². The van der Waals surface area contributed by atoms with Crippen LogP contribution in [-0.2, 0) is 5.75 Å². The Morgan fingerprint density at radius 3 is 3.00 bits per heavy atom. The second-order valence-corrected chi connectivity index (χ2v) is 5.30. The molecule has 1 aromatic heterocycles. The second kappa shape index (κ2) is 5.22. The van der Waals surface area contributed by atoms with Crippen LogP contribution in [0.15, 0.2) is 15.9 Å². The summed E-state index contributed by atoms with van der Waals surface area (Å²) >= 11 is 7.28. The van der Waals surface area contributed by atoms with Crippen LogP contribution in [0.1, 0.15) is 18.2 Å². The molecule has 0 bridgehead atoms. The van der Waals surface area contributed by atoms with Crippen molar-refractivity contribution in [3.63, 3.8) is 0 Å². The zero-order valence-electron chi connectivity index (χ0n) is 6.47. The molecule has 11 heavy (non-hydrogen) atoms. The Morgan fingerprint density at radius 1 is 1.64 bits per heavy atom. The summed E-state index contributed by atoms with van der Waals surface area (Å²) in [5, 5.41) is 2.14. The van der Waals surface area contributed by atoms with E-state index < -0.39 is 0 Å². The fourth-order valence-corrected chi connectivity index (χ4v) is 3.22. The van der Waals surface area contributed by atoms with Gasteiger partial charge in [0, 0.05) is 20.5 Å². The van der Waals surface area contributed by atoms with Crippen molar-refractivity contribution >= 4 is 39.0 Å². The summed E-state index contributed by atoms with van der Waals surface area (Å²) in [4.78, 5) is 1.47. The SMILES string of the molecule is CCCSCc1cc(Br)cs1. The highest BCUT2D eigenvalue weighted by atomic mass is 79.9. The number of hydrogen-bond donors (Lipinski definition) is 0. The van der Waals surface area contributed by atoms with E-state index in [2.05, 4.69) is 34.3 Å². The van der Waals surface area contributed by atoms with Crippen molar-refractivity contribution in [1.82, 2.24) is 0 Å². The maximum absolute atomic E-state index is 3.44. The molecule has 0 saturated carbocycles. The van der Waals surface area contributed by atoms with Gasteiger partial charge in [-0.05, 0) is 34.2 Å². The van der Waals surface area contributed by atoms with Gasteiger partial charge in [0.25, 0.3) is 0 Å². The fraction of sp³-hybridized carbons (Fsp3) is 0.500. The Hall–Kier alpha value is 0.530. The van der Waals surface area contributed by atoms with E-state index in [-0.39, 0.29) is 0 Å². The quantitative estimate of drug-likeness (QED) is 0.724. The van der Waals surface area contributed by atoms with Gasteiger partial charge in [-0.1, -0.05) is 6.92 Å². The summed E-state index contributed by atoms with van der Waals surface area (Å²) in [5.74, 6) is 2.44. The maximum Gasteiger partial charge on any atom is 0.0285 e. The minimum atomic E-state index is 1.17. The molecule has 3 heteroatoms. The molecule has 0 aliphatic rings. The molecule has 62 valence electrons. The molecule has 0 nitrogen and oxygen atoms in total. The normalized spacial score (nSPS) is 10.4. The van der Waals surface area contributed by atoms with Crippen LogP contribution in [-0.4, -0.2) is 5.75 Å². The lowest BCUT2D eigenvalue weighted by atomic mass is 10.5. The summed E-state index contributed by atoms with van der Waals surface area (Å²) in [5.41, 5.74) is 0. The standard InChI is InChI=1S/C8H11BrS2/c1-2-3-10-6-8-4-7(9)5-11-8/h4-5H,2-3,6H2,1H3. The first kappa shape index (κ1) is 9.62. The zero-order chi connectivity index (χ0) is 8.10. The van der Waals surface area contributed by atoms with Crippen LogP contribution in [0.3, 0.4) is 0 Å². The average molecular weight is 251 g/mol. The Balaban J connectivity index is 2.27. The van der Waals surface area contributed by atoms with E-state index in [1.165, 1.54) is 27.3 Å². The summed E-state index contributed by atoms with van der Waals surface area (Å²) in [6.45, 7) is 2.22. The van der Waals surface area contributed by atoms with Gasteiger partial charge < -0.3 is 0 Å². The largest absolute Gasteiger partial charge is 0.156 e. The van der Waals surface area contributed by atoms with Crippen molar-refractivity contribution < 1.29 is 0 Å². The average Bonchev–Trinajstić information content (AvgIpc) is 2.37. The summed E-state index contributed by atoms with van der Waals surface area (Å²) in [6.07, 6.45) is 1.28. The van der Waals surface area contributed by atoms with Gasteiger partial charge in [0.2, 0.25) is 0 Å². The van der Waals surface area contributed by atoms with E-state index in [0.29, 0.717) is 0 Å². The highest BCUT2D eigenvalue weighted by molar-refractivity contribution is 9.10. The lowest BCUT2D eigenvalue weighted by molar-refractivity contribution is 1.10. The van der Waals surface area contributed by atoms with Crippen LogP contribution < -0.4 is 0 Å². The van der Waals surface area contributed by atoms with Crippen molar-refractivity contribution in [3.05, 3.63) is 20.8 Å². The highest BCUT2D eigenvalue weighted by Gasteiger charge is 1.96. The second-order valence-electron chi connectivity index (χ2n) is 2.28. The first-order valence-electron chi connectivity index (χ1n) is 3.63. The molecule has 0 saturated heterocycles. The minimum absolute atomic E-state index is 1.17. The molecule has 1 aromatic rings. The number of hydrogen-bond acceptors (Lipinski definition) is 2. The maximum atomic E-state index is 3.44. The van der Waals surface area contributed by atoms with Crippen molar-refractivity contribution in [3.8, 4) is 0 Å². The number of rotatable bonds is 4. The first-order chi connectivity index (χ1) is 5.33. The molecule has 0 fully saturated rings. The Kier molecular flexibility index (Phi) is 4.57. The van der Waals surface area contributed by atoms with Crippen molar-refractivity contribution in [2.24, 2.45) is 0 Å². The van der Waals surface area contributed by atoms with Gasteiger partial charge in [0.15, 0.2) is 0 Å². The fourth-order valence-electron chi connectivity index (χ4n) is 0.747. The smallest absolute Gasteiger partial charge is 0.0285 e. The molecule has 0 N–H and O–H groups in total. The third-order valence-corrected chi connectivity index (χ3v) is 4.31. The van der Waals surface area contributed by atoms with Crippen LogP contribution in [0, 0.1) is 0 Å². The Bertz CT molecular complexity index is 208. The first-order valence-corrected chi connectivity index (χ1v) is 6.46. The van der Waals surface area contributed by atoms with E-state index >= 15 is 0 Å².